The summed E-state index contributed by atoms with van der Waals surface area (Å²) in [7, 11) is 0. The summed E-state index contributed by atoms with van der Waals surface area (Å²) in [6.07, 6.45) is 0.562. The van der Waals surface area contributed by atoms with Crippen molar-refractivity contribution in [1.82, 2.24) is 9.80 Å². The third-order valence-corrected chi connectivity index (χ3v) is 4.39. The van der Waals surface area contributed by atoms with E-state index in [1.54, 1.807) is 11.3 Å². The monoisotopic (exact) mass is 278 g/mol. The van der Waals surface area contributed by atoms with Crippen molar-refractivity contribution in [3.8, 4) is 11.8 Å². The summed E-state index contributed by atoms with van der Waals surface area (Å²) >= 11 is 1.77. The summed E-state index contributed by atoms with van der Waals surface area (Å²) in [6.45, 7) is 9.28. The topological polar surface area (TPSA) is 26.7 Å². The second kappa shape index (κ2) is 7.66. The highest BCUT2D eigenvalue weighted by molar-refractivity contribution is 7.12. The Morgan fingerprint density at radius 3 is 2.63 bits per heavy atom. The zero-order valence-corrected chi connectivity index (χ0v) is 12.4. The van der Waals surface area contributed by atoms with Gasteiger partial charge < -0.3 is 10.0 Å². The van der Waals surface area contributed by atoms with Crippen LogP contribution in [-0.4, -0.2) is 54.2 Å². The summed E-state index contributed by atoms with van der Waals surface area (Å²) in [5.41, 5.74) is 0. The Morgan fingerprint density at radius 2 is 1.95 bits per heavy atom. The molecule has 1 saturated heterocycles. The van der Waals surface area contributed by atoms with Gasteiger partial charge in [-0.05, 0) is 18.7 Å². The average Bonchev–Trinajstić information content (AvgIpc) is 2.88. The van der Waals surface area contributed by atoms with Gasteiger partial charge in [-0.25, -0.2) is 0 Å². The Kier molecular flexibility index (Phi) is 5.87. The van der Waals surface area contributed by atoms with E-state index in [0.717, 1.165) is 31.1 Å². The van der Waals surface area contributed by atoms with Gasteiger partial charge in [0, 0.05) is 44.0 Å². The summed E-state index contributed by atoms with van der Waals surface area (Å²) in [6, 6.07) is 4.27. The van der Waals surface area contributed by atoms with Gasteiger partial charge in [0.25, 0.3) is 0 Å². The maximum absolute atomic E-state index is 8.70. The maximum atomic E-state index is 8.70. The lowest BCUT2D eigenvalue weighted by molar-refractivity contribution is 0.133. The predicted molar refractivity (Wildman–Crippen MR) is 80.3 cm³/mol. The number of hydrogen-bond acceptors (Lipinski definition) is 4. The van der Waals surface area contributed by atoms with E-state index in [1.165, 1.54) is 18.0 Å². The number of aliphatic hydroxyl groups excluding tert-OH is 1. The van der Waals surface area contributed by atoms with E-state index in [0.29, 0.717) is 6.42 Å². The molecule has 1 aromatic rings. The van der Waals surface area contributed by atoms with Gasteiger partial charge in [0.1, 0.15) is 0 Å². The number of piperazine rings is 1. The van der Waals surface area contributed by atoms with Crippen LogP contribution in [0.2, 0.25) is 0 Å². The first-order valence-corrected chi connectivity index (χ1v) is 7.76. The van der Waals surface area contributed by atoms with E-state index in [-0.39, 0.29) is 6.61 Å². The van der Waals surface area contributed by atoms with Gasteiger partial charge >= 0.3 is 0 Å². The normalized spacial score (nSPS) is 17.2. The minimum Gasteiger partial charge on any atom is -0.395 e. The van der Waals surface area contributed by atoms with Crippen LogP contribution in [-0.2, 0) is 6.54 Å². The molecule has 19 heavy (non-hydrogen) atoms. The van der Waals surface area contributed by atoms with E-state index >= 15 is 0 Å². The van der Waals surface area contributed by atoms with Gasteiger partial charge in [0.05, 0.1) is 11.5 Å². The Bertz CT molecular complexity index is 438. The van der Waals surface area contributed by atoms with Crippen LogP contribution in [0.4, 0.5) is 0 Å². The summed E-state index contributed by atoms with van der Waals surface area (Å²) < 4.78 is 0. The zero-order valence-electron chi connectivity index (χ0n) is 11.6. The summed E-state index contributed by atoms with van der Waals surface area (Å²) in [5, 5.41) is 8.70. The van der Waals surface area contributed by atoms with Crippen molar-refractivity contribution in [3.63, 3.8) is 0 Å². The van der Waals surface area contributed by atoms with Crippen LogP contribution in [0.3, 0.4) is 0 Å². The lowest BCUT2D eigenvalue weighted by Crippen LogP contribution is -2.45. The minimum absolute atomic E-state index is 0.146. The fourth-order valence-corrected chi connectivity index (χ4v) is 3.14. The minimum atomic E-state index is 0.146. The van der Waals surface area contributed by atoms with Crippen LogP contribution >= 0.6 is 11.3 Å². The molecule has 0 bridgehead atoms. The molecule has 0 atom stereocenters. The first-order chi connectivity index (χ1) is 9.31. The number of hydrogen-bond donors (Lipinski definition) is 1. The van der Waals surface area contributed by atoms with Crippen LogP contribution in [0.25, 0.3) is 0 Å². The Labute approximate surface area is 119 Å². The molecule has 104 valence electrons. The molecule has 0 aliphatic carbocycles. The molecule has 4 heteroatoms. The third-order valence-electron chi connectivity index (χ3n) is 3.40. The zero-order chi connectivity index (χ0) is 13.5. The lowest BCUT2D eigenvalue weighted by atomic mass is 10.3. The van der Waals surface area contributed by atoms with Crippen LogP contribution in [0.1, 0.15) is 23.1 Å². The largest absolute Gasteiger partial charge is 0.395 e. The van der Waals surface area contributed by atoms with Crippen LogP contribution in [0.5, 0.6) is 0 Å². The summed E-state index contributed by atoms with van der Waals surface area (Å²) in [5.74, 6) is 6.07. The molecular formula is C15H22N2OS. The van der Waals surface area contributed by atoms with E-state index in [2.05, 4.69) is 40.7 Å². The van der Waals surface area contributed by atoms with E-state index in [4.69, 9.17) is 5.11 Å². The van der Waals surface area contributed by atoms with Crippen molar-refractivity contribution in [2.24, 2.45) is 0 Å². The molecule has 0 saturated carbocycles. The quantitative estimate of drug-likeness (QED) is 0.848. The molecule has 0 aromatic carbocycles. The standard InChI is InChI=1S/C15H22N2OS/c1-2-16-8-10-17(11-9-16)13-15-7-6-14(19-15)5-3-4-12-18/h6-7,18H,2,4,8-13H2,1H3. The van der Waals surface area contributed by atoms with Crippen LogP contribution in [0, 0.1) is 11.8 Å². The van der Waals surface area contributed by atoms with Gasteiger partial charge in [0.2, 0.25) is 0 Å². The number of rotatable bonds is 4. The second-order valence-corrected chi connectivity index (χ2v) is 5.92. The molecule has 0 unspecified atom stereocenters. The van der Waals surface area contributed by atoms with Crippen LogP contribution < -0.4 is 0 Å². The smallest absolute Gasteiger partial charge is 0.0771 e. The fraction of sp³-hybridized carbons (Fsp3) is 0.600. The number of aliphatic hydroxyl groups is 1. The molecule has 1 fully saturated rings. The molecule has 0 radical (unpaired) electrons. The van der Waals surface area contributed by atoms with Crippen molar-refractivity contribution < 1.29 is 5.11 Å². The van der Waals surface area contributed by atoms with Crippen molar-refractivity contribution in [2.45, 2.75) is 19.9 Å². The highest BCUT2D eigenvalue weighted by Crippen LogP contribution is 2.18. The van der Waals surface area contributed by atoms with Gasteiger partial charge in [-0.3, -0.25) is 4.90 Å². The highest BCUT2D eigenvalue weighted by atomic mass is 32.1. The van der Waals surface area contributed by atoms with Crippen molar-refractivity contribution in [1.29, 1.82) is 0 Å². The molecule has 1 aromatic heterocycles. The first-order valence-electron chi connectivity index (χ1n) is 6.95. The SMILES string of the molecule is CCN1CCN(Cc2ccc(C#CCCO)s2)CC1. The Morgan fingerprint density at radius 1 is 1.21 bits per heavy atom. The molecule has 2 heterocycles. The summed E-state index contributed by atoms with van der Waals surface area (Å²) in [4.78, 5) is 7.51. The van der Waals surface area contributed by atoms with Crippen molar-refractivity contribution >= 4 is 11.3 Å². The molecule has 1 aliphatic heterocycles. The van der Waals surface area contributed by atoms with Gasteiger partial charge in [0.15, 0.2) is 0 Å². The lowest BCUT2D eigenvalue weighted by Gasteiger charge is -2.33. The molecule has 2 rings (SSSR count). The predicted octanol–water partition coefficient (Wildman–Crippen LogP) is 1.62. The maximum Gasteiger partial charge on any atom is 0.0771 e. The Balaban J connectivity index is 1.82. The Hall–Kier alpha value is -0.860. The van der Waals surface area contributed by atoms with Gasteiger partial charge in [-0.15, -0.1) is 11.3 Å². The third kappa shape index (κ3) is 4.63. The van der Waals surface area contributed by atoms with E-state index < -0.39 is 0 Å². The number of nitrogens with zero attached hydrogens (tertiary/aromatic N) is 2. The van der Waals surface area contributed by atoms with E-state index in [1.807, 2.05) is 0 Å². The first kappa shape index (κ1) is 14.5. The molecular weight excluding hydrogens is 256 g/mol. The van der Waals surface area contributed by atoms with Crippen LogP contribution in [0.15, 0.2) is 12.1 Å². The molecule has 3 nitrogen and oxygen atoms in total. The second-order valence-electron chi connectivity index (χ2n) is 4.75. The van der Waals surface area contributed by atoms with Crippen molar-refractivity contribution in [2.75, 3.05) is 39.3 Å². The van der Waals surface area contributed by atoms with Gasteiger partial charge in [-0.2, -0.15) is 0 Å². The van der Waals surface area contributed by atoms with Gasteiger partial charge in [-0.1, -0.05) is 18.8 Å². The highest BCUT2D eigenvalue weighted by Gasteiger charge is 2.15. The molecule has 1 aliphatic rings. The molecule has 1 N–H and O–H groups in total. The van der Waals surface area contributed by atoms with E-state index in [9.17, 15) is 0 Å². The number of thiophene rings is 1. The fourth-order valence-electron chi connectivity index (χ4n) is 2.22. The van der Waals surface area contributed by atoms with Crippen molar-refractivity contribution in [3.05, 3.63) is 21.9 Å². The number of likely N-dealkylation sites (N-methyl/N-ethyl adjacent to an activating group) is 1. The average molecular weight is 278 g/mol. The molecule has 0 amide bonds. The molecule has 0 spiro atoms.